The van der Waals surface area contributed by atoms with E-state index >= 15 is 0 Å². The van der Waals surface area contributed by atoms with Crippen molar-refractivity contribution in [2.45, 2.75) is 29.5 Å². The Hall–Kier alpha value is -1.96. The van der Waals surface area contributed by atoms with E-state index in [1.807, 2.05) is 0 Å². The first kappa shape index (κ1) is 18.8. The molecule has 1 fully saturated rings. The lowest BCUT2D eigenvalue weighted by Crippen LogP contribution is -2.62. The first-order valence-corrected chi connectivity index (χ1v) is 10.2. The Morgan fingerprint density at radius 3 is 2.73 bits per heavy atom. The van der Waals surface area contributed by atoms with Crippen LogP contribution in [0.3, 0.4) is 0 Å². The van der Waals surface area contributed by atoms with Crippen molar-refractivity contribution < 1.29 is 13.2 Å². The lowest BCUT2D eigenvalue weighted by atomic mass is 10.1. The fourth-order valence-corrected chi connectivity index (χ4v) is 5.49. The SMILES string of the molecule is Cc1c(Cl)cccc1S(=O)(=O)[C@@]1(NC(=O)c2ccccn2)CCCNC1. The first-order chi connectivity index (χ1) is 12.4. The van der Waals surface area contributed by atoms with Crippen molar-refractivity contribution in [1.29, 1.82) is 0 Å². The molecule has 0 aliphatic carbocycles. The topological polar surface area (TPSA) is 88.2 Å². The fourth-order valence-electron chi connectivity index (χ4n) is 3.14. The summed E-state index contributed by atoms with van der Waals surface area (Å²) in [6.07, 6.45) is 2.44. The van der Waals surface area contributed by atoms with Crippen molar-refractivity contribution in [3.8, 4) is 0 Å². The Kier molecular flexibility index (Phi) is 5.32. The predicted molar refractivity (Wildman–Crippen MR) is 99.9 cm³/mol. The Labute approximate surface area is 157 Å². The summed E-state index contributed by atoms with van der Waals surface area (Å²) in [6.45, 7) is 2.49. The molecule has 1 atom stereocenters. The average molecular weight is 394 g/mol. The van der Waals surface area contributed by atoms with Gasteiger partial charge < -0.3 is 10.6 Å². The Morgan fingerprint density at radius 2 is 2.08 bits per heavy atom. The predicted octanol–water partition coefficient (Wildman–Crippen LogP) is 2.33. The van der Waals surface area contributed by atoms with Crippen LogP contribution < -0.4 is 10.6 Å². The summed E-state index contributed by atoms with van der Waals surface area (Å²) in [7, 11) is -3.89. The molecule has 0 saturated carbocycles. The summed E-state index contributed by atoms with van der Waals surface area (Å²) in [5.74, 6) is -0.516. The van der Waals surface area contributed by atoms with Crippen molar-refractivity contribution in [3.63, 3.8) is 0 Å². The molecule has 2 aromatic rings. The van der Waals surface area contributed by atoms with E-state index in [4.69, 9.17) is 11.6 Å². The normalized spacial score (nSPS) is 20.5. The van der Waals surface area contributed by atoms with Crippen LogP contribution >= 0.6 is 11.6 Å². The van der Waals surface area contributed by atoms with Crippen LogP contribution in [-0.4, -0.2) is 37.3 Å². The van der Waals surface area contributed by atoms with Gasteiger partial charge in [-0.25, -0.2) is 8.42 Å². The van der Waals surface area contributed by atoms with E-state index in [0.29, 0.717) is 30.0 Å². The van der Waals surface area contributed by atoms with Crippen LogP contribution in [0.5, 0.6) is 0 Å². The number of pyridine rings is 1. The van der Waals surface area contributed by atoms with Gasteiger partial charge in [0.05, 0.1) is 4.90 Å². The highest BCUT2D eigenvalue weighted by molar-refractivity contribution is 7.93. The summed E-state index contributed by atoms with van der Waals surface area (Å²) in [4.78, 5) is 15.4. The maximum absolute atomic E-state index is 13.5. The number of rotatable bonds is 4. The maximum atomic E-state index is 13.5. The molecule has 138 valence electrons. The maximum Gasteiger partial charge on any atom is 0.271 e. The number of halogens is 1. The zero-order chi connectivity index (χ0) is 18.8. The van der Waals surface area contributed by atoms with Crippen LogP contribution in [0, 0.1) is 6.92 Å². The van der Waals surface area contributed by atoms with Gasteiger partial charge in [-0.05, 0) is 56.1 Å². The Bertz CT molecular complexity index is 911. The highest BCUT2D eigenvalue weighted by atomic mass is 35.5. The number of nitrogens with zero attached hydrogens (tertiary/aromatic N) is 1. The second-order valence-electron chi connectivity index (χ2n) is 6.31. The molecule has 1 aromatic carbocycles. The van der Waals surface area contributed by atoms with E-state index in [1.54, 1.807) is 37.3 Å². The summed E-state index contributed by atoms with van der Waals surface area (Å²) in [6, 6.07) is 9.71. The van der Waals surface area contributed by atoms with Gasteiger partial charge in [-0.1, -0.05) is 23.7 Å². The van der Waals surface area contributed by atoms with Crippen LogP contribution in [0.15, 0.2) is 47.5 Å². The van der Waals surface area contributed by atoms with Gasteiger partial charge in [0.15, 0.2) is 4.87 Å². The van der Waals surface area contributed by atoms with Gasteiger partial charge >= 0.3 is 0 Å². The van der Waals surface area contributed by atoms with E-state index in [2.05, 4.69) is 15.6 Å². The molecule has 0 radical (unpaired) electrons. The molecule has 0 unspecified atom stereocenters. The van der Waals surface area contributed by atoms with Crippen molar-refractivity contribution in [2.75, 3.05) is 13.1 Å². The smallest absolute Gasteiger partial charge is 0.271 e. The summed E-state index contributed by atoms with van der Waals surface area (Å²) in [5.41, 5.74) is 0.654. The number of aromatic nitrogens is 1. The van der Waals surface area contributed by atoms with Gasteiger partial charge in [-0.3, -0.25) is 9.78 Å². The number of piperidine rings is 1. The molecule has 1 aliphatic rings. The number of benzene rings is 1. The lowest BCUT2D eigenvalue weighted by molar-refractivity contribution is 0.0911. The largest absolute Gasteiger partial charge is 0.330 e. The minimum Gasteiger partial charge on any atom is -0.330 e. The van der Waals surface area contributed by atoms with Crippen LogP contribution in [-0.2, 0) is 9.84 Å². The highest BCUT2D eigenvalue weighted by Gasteiger charge is 2.47. The van der Waals surface area contributed by atoms with Crippen LogP contribution in [0.1, 0.15) is 28.9 Å². The lowest BCUT2D eigenvalue weighted by Gasteiger charge is -2.38. The first-order valence-electron chi connectivity index (χ1n) is 8.31. The third-order valence-electron chi connectivity index (χ3n) is 4.61. The van der Waals surface area contributed by atoms with Gasteiger partial charge in [0.1, 0.15) is 5.69 Å². The van der Waals surface area contributed by atoms with E-state index in [0.717, 1.165) is 0 Å². The second kappa shape index (κ2) is 7.34. The molecule has 0 spiro atoms. The molecule has 1 aromatic heterocycles. The zero-order valence-corrected chi connectivity index (χ0v) is 15.9. The summed E-state index contributed by atoms with van der Waals surface area (Å²) < 4.78 is 27.0. The van der Waals surface area contributed by atoms with Crippen LogP contribution in [0.25, 0.3) is 0 Å². The van der Waals surface area contributed by atoms with E-state index in [9.17, 15) is 13.2 Å². The average Bonchev–Trinajstić information content (AvgIpc) is 2.65. The number of hydrogen-bond donors (Lipinski definition) is 2. The molecule has 26 heavy (non-hydrogen) atoms. The monoisotopic (exact) mass is 393 g/mol. The highest BCUT2D eigenvalue weighted by Crippen LogP contribution is 2.33. The van der Waals surface area contributed by atoms with Crippen molar-refractivity contribution in [3.05, 3.63) is 58.9 Å². The number of carbonyl (C=O) groups excluding carboxylic acids is 1. The number of carbonyl (C=O) groups is 1. The molecule has 1 saturated heterocycles. The summed E-state index contributed by atoms with van der Waals surface area (Å²) in [5, 5.41) is 6.21. The fraction of sp³-hybridized carbons (Fsp3) is 0.333. The minimum atomic E-state index is -3.89. The minimum absolute atomic E-state index is 0.125. The molecule has 3 rings (SSSR count). The third kappa shape index (κ3) is 3.34. The quantitative estimate of drug-likeness (QED) is 0.832. The molecule has 2 N–H and O–H groups in total. The van der Waals surface area contributed by atoms with E-state index in [1.165, 1.54) is 12.3 Å². The van der Waals surface area contributed by atoms with E-state index in [-0.39, 0.29) is 17.1 Å². The van der Waals surface area contributed by atoms with Gasteiger partial charge in [0, 0.05) is 17.8 Å². The standard InChI is InChI=1S/C18H20ClN3O3S/c1-13-14(19)6-4-8-16(13)26(24,25)18(9-5-10-20-12-18)22-17(23)15-7-2-3-11-21-15/h2-4,6-8,11,20H,5,9-10,12H2,1H3,(H,22,23)/t18-/m0/s1. The molecular formula is C18H20ClN3O3S. The van der Waals surface area contributed by atoms with Gasteiger partial charge in [-0.15, -0.1) is 0 Å². The van der Waals surface area contributed by atoms with Crippen molar-refractivity contribution in [2.24, 2.45) is 0 Å². The van der Waals surface area contributed by atoms with E-state index < -0.39 is 20.6 Å². The summed E-state index contributed by atoms with van der Waals surface area (Å²) >= 11 is 6.13. The molecule has 1 aliphatic heterocycles. The molecule has 6 nitrogen and oxygen atoms in total. The Morgan fingerprint density at radius 1 is 1.27 bits per heavy atom. The molecular weight excluding hydrogens is 374 g/mol. The van der Waals surface area contributed by atoms with Crippen LogP contribution in [0.2, 0.25) is 5.02 Å². The number of nitrogens with one attached hydrogen (secondary N) is 2. The van der Waals surface area contributed by atoms with Crippen molar-refractivity contribution >= 4 is 27.3 Å². The molecule has 0 bridgehead atoms. The molecule has 1 amide bonds. The zero-order valence-electron chi connectivity index (χ0n) is 14.3. The van der Waals surface area contributed by atoms with Crippen molar-refractivity contribution in [1.82, 2.24) is 15.6 Å². The molecule has 8 heteroatoms. The molecule has 2 heterocycles. The number of sulfone groups is 1. The second-order valence-corrected chi connectivity index (χ2v) is 8.95. The number of amides is 1. The van der Waals surface area contributed by atoms with Gasteiger partial charge in [0.2, 0.25) is 9.84 Å². The van der Waals surface area contributed by atoms with Gasteiger partial charge in [0.25, 0.3) is 5.91 Å². The van der Waals surface area contributed by atoms with Crippen LogP contribution in [0.4, 0.5) is 0 Å². The van der Waals surface area contributed by atoms with Gasteiger partial charge in [-0.2, -0.15) is 0 Å². The third-order valence-corrected chi connectivity index (χ3v) is 7.52. The Balaban J connectivity index is 2.05. The number of hydrogen-bond acceptors (Lipinski definition) is 5.